The van der Waals surface area contributed by atoms with E-state index in [1.807, 2.05) is 6.07 Å². The van der Waals surface area contributed by atoms with E-state index in [0.29, 0.717) is 0 Å². The first-order valence-corrected chi connectivity index (χ1v) is 10.2. The summed E-state index contributed by atoms with van der Waals surface area (Å²) in [6.45, 7) is 5.62. The van der Waals surface area contributed by atoms with Gasteiger partial charge in [-0.25, -0.2) is 0 Å². The highest BCUT2D eigenvalue weighted by Crippen LogP contribution is 2.50. The molecule has 3 aromatic rings. The van der Waals surface area contributed by atoms with Gasteiger partial charge in [-0.1, -0.05) is 86.1 Å². The average Bonchev–Trinajstić information content (AvgIpc) is 3.04. The molecule has 0 saturated carbocycles. The number of anilines is 1. The van der Waals surface area contributed by atoms with Crippen molar-refractivity contribution in [2.75, 3.05) is 11.4 Å². The van der Waals surface area contributed by atoms with Crippen LogP contribution in [0.2, 0.25) is 5.02 Å². The Morgan fingerprint density at radius 2 is 1.41 bits per heavy atom. The molecule has 0 bridgehead atoms. The van der Waals surface area contributed by atoms with E-state index in [9.17, 15) is 0 Å². The van der Waals surface area contributed by atoms with Crippen LogP contribution >= 0.6 is 11.6 Å². The van der Waals surface area contributed by atoms with Crippen LogP contribution in [0.25, 0.3) is 0 Å². The van der Waals surface area contributed by atoms with Crippen molar-refractivity contribution >= 4 is 17.3 Å². The molecule has 0 atom stereocenters. The molecule has 27 heavy (non-hydrogen) atoms. The van der Waals surface area contributed by atoms with Gasteiger partial charge in [-0.05, 0) is 47.7 Å². The first kappa shape index (κ1) is 18.1. The van der Waals surface area contributed by atoms with Crippen molar-refractivity contribution in [3.05, 3.63) is 101 Å². The summed E-state index contributed by atoms with van der Waals surface area (Å²) in [7, 11) is 0. The predicted molar refractivity (Wildman–Crippen MR) is 116 cm³/mol. The van der Waals surface area contributed by atoms with Crippen LogP contribution in [0.3, 0.4) is 0 Å². The van der Waals surface area contributed by atoms with Crippen LogP contribution in [0.1, 0.15) is 49.4 Å². The minimum absolute atomic E-state index is 0.155. The van der Waals surface area contributed by atoms with Crippen molar-refractivity contribution in [1.29, 1.82) is 0 Å². The molecule has 0 fully saturated rings. The standard InChI is InChI=1S/C25H26ClN/c1-3-25(4-2)18-27(23-16-15-21(26)17-22(23)25)24(19-11-7-5-8-12-19)20-13-9-6-10-14-20/h5-17,24H,3-4,18H2,1-2H3. The molecule has 0 aromatic heterocycles. The Kier molecular flexibility index (Phi) is 4.97. The molecule has 0 amide bonds. The molecule has 2 heteroatoms. The average molecular weight is 376 g/mol. The number of benzene rings is 3. The van der Waals surface area contributed by atoms with Gasteiger partial charge in [0.2, 0.25) is 0 Å². The first-order valence-electron chi connectivity index (χ1n) is 9.85. The summed E-state index contributed by atoms with van der Waals surface area (Å²) in [5.41, 5.74) is 5.53. The molecule has 1 nitrogen and oxygen atoms in total. The zero-order valence-corrected chi connectivity index (χ0v) is 16.8. The van der Waals surface area contributed by atoms with Crippen LogP contribution in [0, 0.1) is 0 Å². The second-order valence-electron chi connectivity index (χ2n) is 7.50. The molecular formula is C25H26ClN. The highest BCUT2D eigenvalue weighted by Gasteiger charge is 2.43. The van der Waals surface area contributed by atoms with E-state index < -0.39 is 0 Å². The molecule has 0 spiro atoms. The predicted octanol–water partition coefficient (Wildman–Crippen LogP) is 7.01. The van der Waals surface area contributed by atoms with E-state index in [1.165, 1.54) is 22.4 Å². The van der Waals surface area contributed by atoms with E-state index in [4.69, 9.17) is 11.6 Å². The maximum absolute atomic E-state index is 6.41. The second-order valence-corrected chi connectivity index (χ2v) is 7.94. The van der Waals surface area contributed by atoms with E-state index in [-0.39, 0.29) is 11.5 Å². The summed E-state index contributed by atoms with van der Waals surface area (Å²) in [6.07, 6.45) is 2.23. The summed E-state index contributed by atoms with van der Waals surface area (Å²) in [4.78, 5) is 2.59. The van der Waals surface area contributed by atoms with Crippen LogP contribution in [-0.4, -0.2) is 6.54 Å². The van der Waals surface area contributed by atoms with Crippen LogP contribution < -0.4 is 4.90 Å². The van der Waals surface area contributed by atoms with Crippen molar-refractivity contribution in [3.63, 3.8) is 0 Å². The van der Waals surface area contributed by atoms with Gasteiger partial charge in [0.1, 0.15) is 0 Å². The molecular weight excluding hydrogens is 350 g/mol. The van der Waals surface area contributed by atoms with Gasteiger partial charge in [-0.2, -0.15) is 0 Å². The molecule has 1 heterocycles. The van der Waals surface area contributed by atoms with Gasteiger partial charge in [0.15, 0.2) is 0 Å². The minimum atomic E-state index is 0.155. The lowest BCUT2D eigenvalue weighted by atomic mass is 9.77. The topological polar surface area (TPSA) is 3.24 Å². The quantitative estimate of drug-likeness (QED) is 0.463. The Hall–Kier alpha value is -2.25. The number of hydrogen-bond acceptors (Lipinski definition) is 1. The largest absolute Gasteiger partial charge is 0.359 e. The number of rotatable bonds is 5. The molecule has 1 aliphatic heterocycles. The Morgan fingerprint density at radius 3 is 1.93 bits per heavy atom. The van der Waals surface area contributed by atoms with Gasteiger partial charge >= 0.3 is 0 Å². The monoisotopic (exact) mass is 375 g/mol. The molecule has 4 rings (SSSR count). The van der Waals surface area contributed by atoms with Crippen LogP contribution in [0.15, 0.2) is 78.9 Å². The summed E-state index contributed by atoms with van der Waals surface area (Å²) in [6, 6.07) is 28.3. The second kappa shape index (κ2) is 7.40. The molecule has 0 radical (unpaired) electrons. The lowest BCUT2D eigenvalue weighted by Crippen LogP contribution is -2.35. The molecule has 3 aromatic carbocycles. The van der Waals surface area contributed by atoms with Gasteiger partial charge in [-0.3, -0.25) is 0 Å². The van der Waals surface area contributed by atoms with Crippen molar-refractivity contribution < 1.29 is 0 Å². The third-order valence-electron chi connectivity index (χ3n) is 6.21. The maximum atomic E-state index is 6.41. The highest BCUT2D eigenvalue weighted by atomic mass is 35.5. The van der Waals surface area contributed by atoms with Crippen molar-refractivity contribution in [2.24, 2.45) is 0 Å². The molecule has 0 saturated heterocycles. The highest BCUT2D eigenvalue weighted by molar-refractivity contribution is 6.30. The van der Waals surface area contributed by atoms with Crippen molar-refractivity contribution in [3.8, 4) is 0 Å². The maximum Gasteiger partial charge on any atom is 0.0796 e. The molecule has 1 aliphatic rings. The van der Waals surface area contributed by atoms with E-state index in [0.717, 1.165) is 24.4 Å². The normalized spacial score (nSPS) is 15.2. The Labute approximate surface area is 167 Å². The van der Waals surface area contributed by atoms with E-state index in [1.54, 1.807) is 0 Å². The summed E-state index contributed by atoms with van der Waals surface area (Å²) < 4.78 is 0. The SMILES string of the molecule is CCC1(CC)CN(C(c2ccccc2)c2ccccc2)c2ccc(Cl)cc21. The number of nitrogens with zero attached hydrogens (tertiary/aromatic N) is 1. The van der Waals surface area contributed by atoms with Gasteiger partial charge in [0.05, 0.1) is 6.04 Å². The summed E-state index contributed by atoms with van der Waals surface area (Å²) in [5, 5.41) is 0.831. The third-order valence-corrected chi connectivity index (χ3v) is 6.44. The number of halogens is 1. The van der Waals surface area contributed by atoms with E-state index in [2.05, 4.69) is 91.5 Å². The van der Waals surface area contributed by atoms with Crippen LogP contribution in [-0.2, 0) is 5.41 Å². The molecule has 138 valence electrons. The van der Waals surface area contributed by atoms with Crippen LogP contribution in [0.5, 0.6) is 0 Å². The lowest BCUT2D eigenvalue weighted by Gasteiger charge is -2.34. The van der Waals surface area contributed by atoms with Crippen LogP contribution in [0.4, 0.5) is 5.69 Å². The molecule has 0 N–H and O–H groups in total. The summed E-state index contributed by atoms with van der Waals surface area (Å²) in [5.74, 6) is 0. The Balaban J connectivity index is 1.89. The van der Waals surface area contributed by atoms with Gasteiger partial charge in [-0.15, -0.1) is 0 Å². The van der Waals surface area contributed by atoms with Crippen molar-refractivity contribution in [2.45, 2.75) is 38.1 Å². The molecule has 0 unspecified atom stereocenters. The van der Waals surface area contributed by atoms with Crippen molar-refractivity contribution in [1.82, 2.24) is 0 Å². The lowest BCUT2D eigenvalue weighted by molar-refractivity contribution is 0.413. The minimum Gasteiger partial charge on any atom is -0.359 e. The van der Waals surface area contributed by atoms with Gasteiger partial charge < -0.3 is 4.90 Å². The third kappa shape index (κ3) is 3.15. The number of fused-ring (bicyclic) bond motifs is 1. The Bertz CT molecular complexity index is 861. The van der Waals surface area contributed by atoms with Gasteiger partial charge in [0.25, 0.3) is 0 Å². The fraction of sp³-hybridized carbons (Fsp3) is 0.280. The fourth-order valence-corrected chi connectivity index (χ4v) is 4.76. The fourth-order valence-electron chi connectivity index (χ4n) is 4.59. The first-order chi connectivity index (χ1) is 13.2. The molecule has 0 aliphatic carbocycles. The Morgan fingerprint density at radius 1 is 0.852 bits per heavy atom. The smallest absolute Gasteiger partial charge is 0.0796 e. The number of hydrogen-bond donors (Lipinski definition) is 0. The van der Waals surface area contributed by atoms with E-state index >= 15 is 0 Å². The zero-order valence-electron chi connectivity index (χ0n) is 16.0. The van der Waals surface area contributed by atoms with Gasteiger partial charge in [0, 0.05) is 22.7 Å². The summed E-state index contributed by atoms with van der Waals surface area (Å²) >= 11 is 6.41. The zero-order chi connectivity index (χ0) is 18.9.